The molecule has 0 aromatic carbocycles. The molecule has 0 radical (unpaired) electrons. The SMILES string of the molecule is COC(=O)C(Cl)C(Cl)C(Cl)C(Cl)C(Cl)CCCCCCCCCCCCCl. The smallest absolute Gasteiger partial charge is 0.325 e. The lowest BCUT2D eigenvalue weighted by Crippen LogP contribution is -2.40. The van der Waals surface area contributed by atoms with Gasteiger partial charge in [0, 0.05) is 5.88 Å². The summed E-state index contributed by atoms with van der Waals surface area (Å²) in [6, 6.07) is 0. The Kier molecular flexibility index (Phi) is 18.8. The van der Waals surface area contributed by atoms with Gasteiger partial charge in [-0.2, -0.15) is 0 Å². The molecule has 8 heteroatoms. The van der Waals surface area contributed by atoms with E-state index in [1.807, 2.05) is 0 Å². The van der Waals surface area contributed by atoms with Crippen LogP contribution in [0.1, 0.15) is 70.6 Å². The highest BCUT2D eigenvalue weighted by Crippen LogP contribution is 2.30. The summed E-state index contributed by atoms with van der Waals surface area (Å²) < 4.78 is 4.57. The fourth-order valence-corrected chi connectivity index (χ4v) is 4.62. The van der Waals surface area contributed by atoms with E-state index < -0.39 is 27.5 Å². The summed E-state index contributed by atoms with van der Waals surface area (Å²) in [7, 11) is 1.24. The van der Waals surface area contributed by atoms with Gasteiger partial charge in [-0.15, -0.1) is 69.6 Å². The first-order chi connectivity index (χ1) is 12.9. The second kappa shape index (κ2) is 18.0. The fraction of sp³-hybridized carbons (Fsp3) is 0.947. The van der Waals surface area contributed by atoms with E-state index in [4.69, 9.17) is 69.6 Å². The Hall–Kier alpha value is 1.21. The van der Waals surface area contributed by atoms with Crippen LogP contribution in [0.4, 0.5) is 0 Å². The average Bonchev–Trinajstić information content (AvgIpc) is 2.68. The molecule has 162 valence electrons. The molecule has 5 unspecified atom stereocenters. The number of carbonyl (C=O) groups excluding carboxylic acids is 1. The number of esters is 1. The standard InChI is InChI=1S/C19H32Cl6O2/c1-27-19(26)18(25)17(24)16(23)15(22)14(21)12-10-8-6-4-2-3-5-7-9-11-13-20/h14-18H,2-13H2,1H3. The first-order valence-corrected chi connectivity index (χ1v) is 12.4. The Morgan fingerprint density at radius 1 is 0.704 bits per heavy atom. The van der Waals surface area contributed by atoms with Crippen LogP contribution < -0.4 is 0 Å². The molecular weight excluding hydrogens is 473 g/mol. The third-order valence-corrected chi connectivity index (χ3v) is 7.89. The van der Waals surface area contributed by atoms with E-state index in [2.05, 4.69) is 4.74 Å². The van der Waals surface area contributed by atoms with E-state index in [9.17, 15) is 4.79 Å². The van der Waals surface area contributed by atoms with Crippen molar-refractivity contribution < 1.29 is 9.53 Å². The zero-order valence-corrected chi connectivity index (χ0v) is 20.5. The molecule has 0 rings (SSSR count). The second-order valence-corrected chi connectivity index (χ2v) is 9.71. The van der Waals surface area contributed by atoms with Crippen molar-refractivity contribution in [2.24, 2.45) is 0 Å². The van der Waals surface area contributed by atoms with Gasteiger partial charge in [-0.1, -0.05) is 57.8 Å². The van der Waals surface area contributed by atoms with E-state index >= 15 is 0 Å². The van der Waals surface area contributed by atoms with Crippen molar-refractivity contribution in [3.8, 4) is 0 Å². The molecule has 0 bridgehead atoms. The van der Waals surface area contributed by atoms with Crippen LogP contribution in [0.5, 0.6) is 0 Å². The molecule has 0 fully saturated rings. The Labute approximate surface area is 194 Å². The van der Waals surface area contributed by atoms with Crippen molar-refractivity contribution in [2.75, 3.05) is 13.0 Å². The number of unbranched alkanes of at least 4 members (excludes halogenated alkanes) is 9. The first kappa shape index (κ1) is 28.2. The zero-order valence-electron chi connectivity index (χ0n) is 16.0. The molecule has 0 spiro atoms. The molecule has 0 amide bonds. The summed E-state index contributed by atoms with van der Waals surface area (Å²) in [6.45, 7) is 0. The number of rotatable bonds is 17. The number of ether oxygens (including phenoxy) is 1. The van der Waals surface area contributed by atoms with Crippen LogP contribution in [0.2, 0.25) is 0 Å². The summed E-state index contributed by atoms with van der Waals surface area (Å²) in [6.07, 6.45) is 12.9. The molecule has 0 aliphatic rings. The maximum absolute atomic E-state index is 11.5. The van der Waals surface area contributed by atoms with Gasteiger partial charge in [0.2, 0.25) is 0 Å². The van der Waals surface area contributed by atoms with Gasteiger partial charge in [-0.3, -0.25) is 4.79 Å². The van der Waals surface area contributed by atoms with Crippen LogP contribution >= 0.6 is 69.6 Å². The van der Waals surface area contributed by atoms with Crippen molar-refractivity contribution in [3.63, 3.8) is 0 Å². The lowest BCUT2D eigenvalue weighted by molar-refractivity contribution is -0.140. The number of methoxy groups -OCH3 is 1. The monoisotopic (exact) mass is 502 g/mol. The second-order valence-electron chi connectivity index (χ2n) is 6.79. The van der Waals surface area contributed by atoms with Gasteiger partial charge in [-0.05, 0) is 12.8 Å². The van der Waals surface area contributed by atoms with Gasteiger partial charge in [-0.25, -0.2) is 0 Å². The van der Waals surface area contributed by atoms with E-state index in [-0.39, 0.29) is 5.38 Å². The Morgan fingerprint density at radius 2 is 1.15 bits per heavy atom. The summed E-state index contributed by atoms with van der Waals surface area (Å²) >= 11 is 36.7. The van der Waals surface area contributed by atoms with Crippen LogP contribution in [0, 0.1) is 0 Å². The minimum atomic E-state index is -1.06. The Balaban J connectivity index is 3.82. The highest BCUT2D eigenvalue weighted by atomic mass is 35.5. The maximum atomic E-state index is 11.5. The Bertz CT molecular complexity index is 372. The maximum Gasteiger partial charge on any atom is 0.325 e. The normalized spacial score (nSPS) is 17.1. The molecule has 0 aromatic heterocycles. The number of hydrogen-bond donors (Lipinski definition) is 0. The minimum Gasteiger partial charge on any atom is -0.468 e. The molecule has 0 N–H and O–H groups in total. The van der Waals surface area contributed by atoms with Gasteiger partial charge >= 0.3 is 5.97 Å². The lowest BCUT2D eigenvalue weighted by Gasteiger charge is -2.26. The van der Waals surface area contributed by atoms with Gasteiger partial charge in [0.05, 0.1) is 28.6 Å². The highest BCUT2D eigenvalue weighted by molar-refractivity contribution is 6.42. The Morgan fingerprint density at radius 3 is 1.59 bits per heavy atom. The van der Waals surface area contributed by atoms with E-state index in [0.717, 1.165) is 31.6 Å². The van der Waals surface area contributed by atoms with Crippen LogP contribution in [0.25, 0.3) is 0 Å². The van der Waals surface area contributed by atoms with Gasteiger partial charge < -0.3 is 4.74 Å². The lowest BCUT2D eigenvalue weighted by atomic mass is 10.0. The van der Waals surface area contributed by atoms with Crippen LogP contribution in [0.15, 0.2) is 0 Å². The van der Waals surface area contributed by atoms with E-state index in [1.165, 1.54) is 52.1 Å². The number of halogens is 6. The molecule has 0 aliphatic carbocycles. The molecule has 0 heterocycles. The van der Waals surface area contributed by atoms with Crippen molar-refractivity contribution in [1.82, 2.24) is 0 Å². The molecule has 0 aromatic rings. The van der Waals surface area contributed by atoms with Crippen molar-refractivity contribution in [3.05, 3.63) is 0 Å². The largest absolute Gasteiger partial charge is 0.468 e. The van der Waals surface area contributed by atoms with Gasteiger partial charge in [0.25, 0.3) is 0 Å². The van der Waals surface area contributed by atoms with Crippen LogP contribution in [-0.4, -0.2) is 45.8 Å². The topological polar surface area (TPSA) is 26.3 Å². The molecule has 5 atom stereocenters. The van der Waals surface area contributed by atoms with Crippen LogP contribution in [0.3, 0.4) is 0 Å². The zero-order chi connectivity index (χ0) is 20.7. The molecule has 27 heavy (non-hydrogen) atoms. The summed E-state index contributed by atoms with van der Waals surface area (Å²) in [4.78, 5) is 11.5. The molecule has 0 saturated heterocycles. The molecular formula is C19H32Cl6O2. The fourth-order valence-electron chi connectivity index (χ4n) is 2.79. The van der Waals surface area contributed by atoms with Crippen LogP contribution in [-0.2, 0) is 9.53 Å². The van der Waals surface area contributed by atoms with E-state index in [1.54, 1.807) is 0 Å². The summed E-state index contributed by atoms with van der Waals surface area (Å²) in [5.74, 6) is 0.148. The number of hydrogen-bond acceptors (Lipinski definition) is 2. The summed E-state index contributed by atoms with van der Waals surface area (Å²) in [5.41, 5.74) is 0. The quantitative estimate of drug-likeness (QED) is 0.115. The van der Waals surface area contributed by atoms with Gasteiger partial charge in [0.15, 0.2) is 0 Å². The highest BCUT2D eigenvalue weighted by Gasteiger charge is 2.37. The number of alkyl halides is 6. The molecule has 0 aliphatic heterocycles. The molecule has 0 saturated carbocycles. The van der Waals surface area contributed by atoms with Crippen molar-refractivity contribution >= 4 is 75.6 Å². The average molecular weight is 505 g/mol. The van der Waals surface area contributed by atoms with Gasteiger partial charge in [0.1, 0.15) is 5.38 Å². The minimum absolute atomic E-state index is 0.320. The van der Waals surface area contributed by atoms with Crippen molar-refractivity contribution in [2.45, 2.75) is 97.5 Å². The predicted octanol–water partition coefficient (Wildman–Crippen LogP) is 7.73. The first-order valence-electron chi connectivity index (χ1n) is 9.71. The summed E-state index contributed by atoms with van der Waals surface area (Å²) in [5, 5.41) is -3.53. The number of carbonyl (C=O) groups is 1. The van der Waals surface area contributed by atoms with Crippen molar-refractivity contribution in [1.29, 1.82) is 0 Å². The predicted molar refractivity (Wildman–Crippen MR) is 122 cm³/mol. The van der Waals surface area contributed by atoms with E-state index in [0.29, 0.717) is 0 Å². The molecule has 2 nitrogen and oxygen atoms in total. The third-order valence-electron chi connectivity index (χ3n) is 4.52. The third kappa shape index (κ3) is 13.2.